The molecule has 0 aliphatic rings. The van der Waals surface area contributed by atoms with E-state index in [1.54, 1.807) is 39.8 Å². The van der Waals surface area contributed by atoms with E-state index >= 15 is 0 Å². The molecular formula is C96H113Cl2FN32O3. The van der Waals surface area contributed by atoms with Gasteiger partial charge in [0.05, 0.1) is 79.3 Å². The quantitative estimate of drug-likeness (QED) is 0.0174. The van der Waals surface area contributed by atoms with Gasteiger partial charge in [-0.1, -0.05) is 203 Å². The van der Waals surface area contributed by atoms with E-state index in [0.29, 0.717) is 103 Å². The van der Waals surface area contributed by atoms with Crippen LogP contribution in [0.2, 0.25) is 10.6 Å². The van der Waals surface area contributed by atoms with E-state index in [1.807, 2.05) is 214 Å². The van der Waals surface area contributed by atoms with Crippen LogP contribution in [-0.4, -0.2) is 173 Å². The molecule has 0 saturated carbocycles. The third kappa shape index (κ3) is 25.7. The number of hydrogen-bond acceptors (Lipinski definition) is 29. The van der Waals surface area contributed by atoms with E-state index in [0.717, 1.165) is 80.4 Å². The van der Waals surface area contributed by atoms with Gasteiger partial charge in [-0.25, -0.2) is 15.0 Å². The lowest BCUT2D eigenvalue weighted by atomic mass is 10.2. The highest BCUT2D eigenvalue weighted by molar-refractivity contribution is 6.29. The molecular weight excluding hydrogens is 1740 g/mol. The SMILES string of the molecule is CC[C@H](CO)N(C)c1nc(NCc2ccccc2)c2ncn(C(C)C)c2n1.CC[C@H](CO)Nc1nc(NCc2ccccc2)c2ccn(C)c2n1.CC[C@H](CO)Nc1nc(NCc2ccccc2)c2ncn(C(C)C)c2n1.Cn1cc2c(NCc3ccccc3)nc(Cl)nc2n1.Cn1cnc2c(NCc3ccccc3)nc(F)nc21.Cn1ncc2c(NCc3ccccc3)nc(Cl)nc21. The first kappa shape index (κ1) is 96.8. The summed E-state index contributed by atoms with van der Waals surface area (Å²) in [4.78, 5) is 67.3. The Morgan fingerprint density at radius 2 is 0.784 bits per heavy atom. The van der Waals surface area contributed by atoms with Gasteiger partial charge in [0.1, 0.15) is 23.1 Å². The monoisotopic (exact) mass is 1850 g/mol. The molecule has 12 aromatic heterocycles. The van der Waals surface area contributed by atoms with Crippen molar-refractivity contribution in [2.75, 3.05) is 74.3 Å². The van der Waals surface area contributed by atoms with Crippen LogP contribution in [0.1, 0.15) is 113 Å². The Hall–Kier alpha value is -14.7. The molecule has 6 aromatic carbocycles. The Kier molecular flexibility index (Phi) is 34.2. The summed E-state index contributed by atoms with van der Waals surface area (Å²) in [5.41, 5.74) is 13.3. The van der Waals surface area contributed by atoms with Gasteiger partial charge in [-0.2, -0.15) is 74.4 Å². The maximum absolute atomic E-state index is 13.4. The summed E-state index contributed by atoms with van der Waals surface area (Å²) in [6.07, 6.45) is 12.4. The second kappa shape index (κ2) is 47.4. The minimum absolute atomic E-state index is 0.0279. The van der Waals surface area contributed by atoms with Crippen LogP contribution in [-0.2, 0) is 67.5 Å². The standard InChI is InChI=1S/C20H28N6O.C19H26N6O.C18H23N5O.2C13H12ClN5.C13H12FN5/c1-5-16(12-27)25(4)20-23-18(21-11-15-9-7-6-8-10-15)17-19(24-20)26(13-22-17)14(2)3;1-4-15(11-26)22-19-23-17(20-10-14-8-6-5-7-9-14)16-18(24-19)25(12-21-16)13(2)3;1-3-14(12-24)20-18-21-16(15-9-10-23(2)17(15)22-18)19-11-13-7-5-4-6-8-13;1-19-8-10-11(16-13(14)17-12(10)18-19)15-7-9-5-3-2-4-6-9;1-19-12-10(8-16-19)11(17-13(14)18-12)15-7-9-5-3-2-4-6-9;1-19-8-16-10-11(17-13(14)18-12(10)19)15-7-9-5-3-2-4-6-9/h6-10,13-14,16,27H,5,11-12H2,1-4H3,(H,21,23,24);5-9,12-13,15,26H,4,10-11H2,1-3H3,(H2,20,22,23,24);4-10,14,24H,3,11-12H2,1-2H3,(H2,19,20,21,22);2-6,8H,7H2,1H3,(H,15,16,17,18);2*2-6,8H,7H2,1H3,(H,15,17,18)/t16-;15-;14-;;;/m111.../s1. The number of nitrogens with one attached hydrogen (secondary N) is 8. The van der Waals surface area contributed by atoms with E-state index in [1.165, 1.54) is 27.8 Å². The summed E-state index contributed by atoms with van der Waals surface area (Å²) in [5, 5.41) is 66.3. The topological polar surface area (TPSA) is 409 Å². The number of aromatic nitrogens is 23. The third-order valence-corrected chi connectivity index (χ3v) is 22.0. The van der Waals surface area contributed by atoms with E-state index in [4.69, 9.17) is 33.2 Å². The molecule has 0 aliphatic carbocycles. The fraction of sp³-hybridized carbons (Fsp3) is 0.302. The van der Waals surface area contributed by atoms with Crippen LogP contribution < -0.4 is 47.4 Å². The van der Waals surface area contributed by atoms with E-state index < -0.39 is 6.08 Å². The Bertz CT molecular complexity index is 6520. The van der Waals surface area contributed by atoms with Crippen LogP contribution in [0.4, 0.5) is 57.1 Å². The van der Waals surface area contributed by atoms with Crippen molar-refractivity contribution in [3.8, 4) is 0 Å². The van der Waals surface area contributed by atoms with Gasteiger partial charge in [0.2, 0.25) is 28.4 Å². The largest absolute Gasteiger partial charge is 0.394 e. The molecule has 0 saturated heterocycles. The van der Waals surface area contributed by atoms with Crippen LogP contribution in [0.25, 0.3) is 66.6 Å². The first-order valence-corrected chi connectivity index (χ1v) is 45.0. The van der Waals surface area contributed by atoms with Crippen molar-refractivity contribution >= 4 is 143 Å². The second-order valence-corrected chi connectivity index (χ2v) is 32.7. The number of anilines is 9. The first-order valence-electron chi connectivity index (χ1n) is 44.2. The maximum Gasteiger partial charge on any atom is 0.312 e. The number of fused-ring (bicyclic) bond motifs is 6. The number of aliphatic hydroxyl groups is 3. The zero-order valence-electron chi connectivity index (χ0n) is 76.9. The number of hydrogen-bond donors (Lipinski definition) is 11. The molecule has 0 spiro atoms. The van der Waals surface area contributed by atoms with Gasteiger partial charge >= 0.3 is 6.08 Å². The maximum atomic E-state index is 13.4. The summed E-state index contributed by atoms with van der Waals surface area (Å²) in [6, 6.07) is 62.9. The molecule has 0 bridgehead atoms. The number of aryl methyl sites for hydroxylation is 4. The molecule has 0 fully saturated rings. The Labute approximate surface area is 785 Å². The normalized spacial score (nSPS) is 11.8. The molecule has 0 aliphatic heterocycles. The average molecular weight is 1850 g/mol. The van der Waals surface area contributed by atoms with Crippen molar-refractivity contribution < 1.29 is 19.7 Å². The zero-order valence-corrected chi connectivity index (χ0v) is 78.5. The molecule has 35 nitrogen and oxygen atoms in total. The number of halogens is 3. The van der Waals surface area contributed by atoms with E-state index in [-0.39, 0.29) is 60.6 Å². The minimum Gasteiger partial charge on any atom is -0.394 e. The number of nitrogens with zero attached hydrogens (tertiary/aromatic N) is 24. The Balaban J connectivity index is 0.000000137. The van der Waals surface area contributed by atoms with Crippen LogP contribution in [0, 0.1) is 6.08 Å². The highest BCUT2D eigenvalue weighted by Crippen LogP contribution is 2.31. The minimum atomic E-state index is -0.758. The first-order chi connectivity index (χ1) is 65.1. The number of likely N-dealkylation sites (N-methyl/N-ethyl adjacent to an activating group) is 1. The molecule has 12 heterocycles. The predicted molar refractivity (Wildman–Crippen MR) is 531 cm³/mol. The summed E-state index contributed by atoms with van der Waals surface area (Å²) < 4.78 is 24.4. The van der Waals surface area contributed by atoms with Crippen LogP contribution in [0.3, 0.4) is 0 Å². The number of benzene rings is 6. The van der Waals surface area contributed by atoms with Gasteiger partial charge in [-0.05, 0) is 110 Å². The summed E-state index contributed by atoms with van der Waals surface area (Å²) >= 11 is 11.8. The lowest BCUT2D eigenvalue weighted by Crippen LogP contribution is -2.35. The van der Waals surface area contributed by atoms with Crippen LogP contribution in [0.15, 0.2) is 226 Å². The van der Waals surface area contributed by atoms with Crippen LogP contribution >= 0.6 is 23.2 Å². The number of rotatable bonds is 32. The number of aliphatic hydroxyl groups excluding tert-OH is 3. The van der Waals surface area contributed by atoms with E-state index in [9.17, 15) is 19.7 Å². The summed E-state index contributed by atoms with van der Waals surface area (Å²) in [5.74, 6) is 5.61. The summed E-state index contributed by atoms with van der Waals surface area (Å²) in [6.45, 7) is 18.5. The van der Waals surface area contributed by atoms with Gasteiger partial charge in [0.15, 0.2) is 62.2 Å². The van der Waals surface area contributed by atoms with Gasteiger partial charge < -0.3 is 81.0 Å². The molecule has 696 valence electrons. The molecule has 0 amide bonds. The van der Waals surface area contributed by atoms with Crippen molar-refractivity contribution in [1.29, 1.82) is 0 Å². The molecule has 18 aromatic rings. The zero-order chi connectivity index (χ0) is 94.6. The van der Waals surface area contributed by atoms with Gasteiger partial charge in [0, 0.05) is 99.0 Å². The van der Waals surface area contributed by atoms with Gasteiger partial charge in [0.25, 0.3) is 0 Å². The average Bonchev–Trinajstić information content (AvgIpc) is 1.62. The highest BCUT2D eigenvalue weighted by atomic mass is 35.5. The van der Waals surface area contributed by atoms with Crippen molar-refractivity contribution in [1.82, 2.24) is 113 Å². The lowest BCUT2D eigenvalue weighted by Gasteiger charge is -2.26. The third-order valence-electron chi connectivity index (χ3n) is 21.7. The molecule has 3 atom stereocenters. The van der Waals surface area contributed by atoms with Crippen molar-refractivity contribution in [2.45, 2.75) is 137 Å². The molecule has 18 rings (SSSR count). The molecule has 134 heavy (non-hydrogen) atoms. The Morgan fingerprint density at radius 1 is 0.388 bits per heavy atom. The predicted octanol–water partition coefficient (Wildman–Crippen LogP) is 16.6. The molecule has 0 radical (unpaired) electrons. The van der Waals surface area contributed by atoms with Gasteiger partial charge in [-0.3, -0.25) is 9.36 Å². The van der Waals surface area contributed by atoms with Crippen molar-refractivity contribution in [3.05, 3.63) is 276 Å². The highest BCUT2D eigenvalue weighted by Gasteiger charge is 2.24. The smallest absolute Gasteiger partial charge is 0.312 e. The fourth-order valence-electron chi connectivity index (χ4n) is 14.0. The lowest BCUT2D eigenvalue weighted by molar-refractivity contribution is 0.258. The van der Waals surface area contributed by atoms with Crippen molar-refractivity contribution in [2.24, 2.45) is 28.2 Å². The fourth-order valence-corrected chi connectivity index (χ4v) is 14.4. The Morgan fingerprint density at radius 3 is 1.22 bits per heavy atom. The molecule has 0 unspecified atom stereocenters. The van der Waals surface area contributed by atoms with Crippen molar-refractivity contribution in [3.63, 3.8) is 0 Å². The van der Waals surface area contributed by atoms with Gasteiger partial charge in [-0.15, -0.1) is 0 Å². The summed E-state index contributed by atoms with van der Waals surface area (Å²) in [7, 11) is 9.32. The van der Waals surface area contributed by atoms with Crippen LogP contribution in [0.5, 0.6) is 0 Å². The van der Waals surface area contributed by atoms with E-state index in [2.05, 4.69) is 206 Å². The number of imidazole rings is 3. The molecule has 11 N–H and O–H groups in total. The second-order valence-electron chi connectivity index (χ2n) is 32.0. The molecule has 38 heteroatoms.